The molecule has 0 amide bonds. The Morgan fingerprint density at radius 3 is 3.07 bits per heavy atom. The second kappa shape index (κ2) is 4.60. The van der Waals surface area contributed by atoms with Crippen molar-refractivity contribution in [2.75, 3.05) is 7.11 Å². The van der Waals surface area contributed by atoms with Gasteiger partial charge in [-0.3, -0.25) is 4.98 Å². The predicted octanol–water partition coefficient (Wildman–Crippen LogP) is 2.48. The van der Waals surface area contributed by atoms with Crippen LogP contribution in [0, 0.1) is 6.07 Å². The topological polar surface area (TPSA) is 22.1 Å². The van der Waals surface area contributed by atoms with E-state index in [9.17, 15) is 0 Å². The lowest BCUT2D eigenvalue weighted by Crippen LogP contribution is -1.93. The lowest BCUT2D eigenvalue weighted by atomic mass is 10.1. The van der Waals surface area contributed by atoms with Gasteiger partial charge in [-0.1, -0.05) is 18.2 Å². The van der Waals surface area contributed by atoms with Crippen molar-refractivity contribution < 1.29 is 4.74 Å². The summed E-state index contributed by atoms with van der Waals surface area (Å²) in [6, 6.07) is 12.8. The monoisotopic (exact) mass is 198 g/mol. The van der Waals surface area contributed by atoms with Gasteiger partial charge in [-0.05, 0) is 29.3 Å². The second-order valence-corrected chi connectivity index (χ2v) is 3.28. The number of hydrogen-bond acceptors (Lipinski definition) is 2. The van der Waals surface area contributed by atoms with Crippen LogP contribution in [-0.4, -0.2) is 12.1 Å². The first-order chi connectivity index (χ1) is 7.40. The number of rotatable bonds is 3. The van der Waals surface area contributed by atoms with Crippen LogP contribution in [0.3, 0.4) is 0 Å². The first-order valence-electron chi connectivity index (χ1n) is 4.82. The standard InChI is InChI=1S/C13H12NO/c1-15-13-7-3-2-6-12(13)9-11-5-4-8-14-10-11/h2,4-8,10H,9H2,1H3. The van der Waals surface area contributed by atoms with Crippen molar-refractivity contribution in [3.8, 4) is 5.75 Å². The molecular weight excluding hydrogens is 186 g/mol. The highest BCUT2D eigenvalue weighted by molar-refractivity contribution is 5.36. The highest BCUT2D eigenvalue weighted by Gasteiger charge is 2.02. The summed E-state index contributed by atoms with van der Waals surface area (Å²) in [6.07, 6.45) is 4.49. The summed E-state index contributed by atoms with van der Waals surface area (Å²) >= 11 is 0. The van der Waals surface area contributed by atoms with Crippen molar-refractivity contribution >= 4 is 0 Å². The number of nitrogens with zero attached hydrogens (tertiary/aromatic N) is 1. The Bertz CT molecular complexity index is 426. The van der Waals surface area contributed by atoms with Crippen molar-refractivity contribution in [2.24, 2.45) is 0 Å². The Morgan fingerprint density at radius 2 is 2.33 bits per heavy atom. The number of methoxy groups -OCH3 is 1. The van der Waals surface area contributed by atoms with E-state index in [1.54, 1.807) is 13.3 Å². The van der Waals surface area contributed by atoms with Crippen LogP contribution >= 0.6 is 0 Å². The molecule has 0 bridgehead atoms. The first-order valence-corrected chi connectivity index (χ1v) is 4.82. The Kier molecular flexibility index (Phi) is 2.98. The van der Waals surface area contributed by atoms with Crippen LogP contribution in [0.15, 0.2) is 42.7 Å². The van der Waals surface area contributed by atoms with Crippen LogP contribution in [0.2, 0.25) is 0 Å². The molecule has 15 heavy (non-hydrogen) atoms. The maximum Gasteiger partial charge on any atom is 0.123 e. The van der Waals surface area contributed by atoms with E-state index in [1.807, 2.05) is 30.5 Å². The summed E-state index contributed by atoms with van der Waals surface area (Å²) in [5, 5.41) is 0. The van der Waals surface area contributed by atoms with E-state index < -0.39 is 0 Å². The van der Waals surface area contributed by atoms with Gasteiger partial charge in [-0.15, -0.1) is 0 Å². The maximum atomic E-state index is 5.27. The Labute approximate surface area is 89.6 Å². The van der Waals surface area contributed by atoms with Crippen LogP contribution in [0.25, 0.3) is 0 Å². The molecule has 2 nitrogen and oxygen atoms in total. The Balaban J connectivity index is 2.24. The lowest BCUT2D eigenvalue weighted by molar-refractivity contribution is 0.410. The predicted molar refractivity (Wildman–Crippen MR) is 58.9 cm³/mol. The van der Waals surface area contributed by atoms with Gasteiger partial charge in [0, 0.05) is 18.8 Å². The normalized spacial score (nSPS) is 9.93. The van der Waals surface area contributed by atoms with E-state index in [1.165, 1.54) is 5.56 Å². The van der Waals surface area contributed by atoms with E-state index >= 15 is 0 Å². The van der Waals surface area contributed by atoms with E-state index in [4.69, 9.17) is 4.74 Å². The van der Waals surface area contributed by atoms with Crippen molar-refractivity contribution in [3.63, 3.8) is 0 Å². The molecule has 2 heteroatoms. The molecule has 0 aliphatic carbocycles. The molecule has 0 aliphatic rings. The molecule has 2 rings (SSSR count). The molecule has 0 N–H and O–H groups in total. The van der Waals surface area contributed by atoms with Crippen molar-refractivity contribution in [1.29, 1.82) is 0 Å². The average molecular weight is 198 g/mol. The molecule has 75 valence electrons. The minimum Gasteiger partial charge on any atom is -0.496 e. The molecule has 0 atom stereocenters. The largest absolute Gasteiger partial charge is 0.496 e. The minimum absolute atomic E-state index is 0.839. The third kappa shape index (κ3) is 2.34. The van der Waals surface area contributed by atoms with E-state index in [0.29, 0.717) is 0 Å². The first kappa shape index (κ1) is 9.71. The van der Waals surface area contributed by atoms with Gasteiger partial charge < -0.3 is 4.74 Å². The lowest BCUT2D eigenvalue weighted by Gasteiger charge is -2.07. The van der Waals surface area contributed by atoms with Gasteiger partial charge in [0.05, 0.1) is 7.11 Å². The van der Waals surface area contributed by atoms with Crippen LogP contribution in [-0.2, 0) is 6.42 Å². The van der Waals surface area contributed by atoms with Gasteiger partial charge in [-0.25, -0.2) is 0 Å². The molecule has 1 aromatic heterocycles. The minimum atomic E-state index is 0.839. The summed E-state index contributed by atoms with van der Waals surface area (Å²) in [4.78, 5) is 4.09. The molecule has 1 radical (unpaired) electrons. The highest BCUT2D eigenvalue weighted by atomic mass is 16.5. The molecule has 1 heterocycles. The molecule has 2 aromatic rings. The van der Waals surface area contributed by atoms with Gasteiger partial charge in [0.15, 0.2) is 0 Å². The average Bonchev–Trinajstić information content (AvgIpc) is 2.31. The van der Waals surface area contributed by atoms with Crippen molar-refractivity contribution in [1.82, 2.24) is 4.98 Å². The van der Waals surface area contributed by atoms with Crippen molar-refractivity contribution in [2.45, 2.75) is 6.42 Å². The van der Waals surface area contributed by atoms with Gasteiger partial charge in [-0.2, -0.15) is 0 Å². The third-order valence-electron chi connectivity index (χ3n) is 2.25. The summed E-state index contributed by atoms with van der Waals surface area (Å²) in [7, 11) is 1.68. The zero-order chi connectivity index (χ0) is 10.5. The fourth-order valence-electron chi connectivity index (χ4n) is 1.51. The van der Waals surface area contributed by atoms with E-state index in [0.717, 1.165) is 17.7 Å². The van der Waals surface area contributed by atoms with Crippen LogP contribution in [0.1, 0.15) is 11.1 Å². The SMILES string of the molecule is COc1c[c]ccc1Cc1cccnc1. The maximum absolute atomic E-state index is 5.27. The molecule has 1 aromatic carbocycles. The zero-order valence-corrected chi connectivity index (χ0v) is 8.60. The van der Waals surface area contributed by atoms with Crippen LogP contribution in [0.5, 0.6) is 5.75 Å². The van der Waals surface area contributed by atoms with Gasteiger partial charge in [0.1, 0.15) is 5.75 Å². The summed E-state index contributed by atoms with van der Waals surface area (Å²) in [5.74, 6) is 0.876. The fourth-order valence-corrected chi connectivity index (χ4v) is 1.51. The summed E-state index contributed by atoms with van der Waals surface area (Å²) < 4.78 is 5.27. The van der Waals surface area contributed by atoms with Crippen LogP contribution < -0.4 is 4.74 Å². The second-order valence-electron chi connectivity index (χ2n) is 3.28. The fraction of sp³-hybridized carbons (Fsp3) is 0.154. The highest BCUT2D eigenvalue weighted by Crippen LogP contribution is 2.19. The van der Waals surface area contributed by atoms with E-state index in [-0.39, 0.29) is 0 Å². The zero-order valence-electron chi connectivity index (χ0n) is 8.60. The number of hydrogen-bond donors (Lipinski definition) is 0. The number of pyridine rings is 1. The molecule has 0 spiro atoms. The molecule has 0 unspecified atom stereocenters. The summed E-state index contributed by atoms with van der Waals surface area (Å²) in [5.41, 5.74) is 2.34. The molecular formula is C13H12NO. The molecule has 0 saturated heterocycles. The smallest absolute Gasteiger partial charge is 0.123 e. The molecule has 0 aliphatic heterocycles. The Hall–Kier alpha value is -1.83. The molecule has 0 fully saturated rings. The van der Waals surface area contributed by atoms with E-state index in [2.05, 4.69) is 17.1 Å². The number of aromatic nitrogens is 1. The number of benzene rings is 1. The molecule has 0 saturated carbocycles. The third-order valence-corrected chi connectivity index (χ3v) is 2.25. The van der Waals surface area contributed by atoms with Crippen molar-refractivity contribution in [3.05, 3.63) is 59.9 Å². The van der Waals surface area contributed by atoms with Gasteiger partial charge in [0.25, 0.3) is 0 Å². The summed E-state index contributed by atoms with van der Waals surface area (Å²) in [6.45, 7) is 0. The van der Waals surface area contributed by atoms with Gasteiger partial charge >= 0.3 is 0 Å². The van der Waals surface area contributed by atoms with Gasteiger partial charge in [0.2, 0.25) is 0 Å². The number of ether oxygens (including phenoxy) is 1. The van der Waals surface area contributed by atoms with Crippen LogP contribution in [0.4, 0.5) is 0 Å². The quantitative estimate of drug-likeness (QED) is 0.755. The Morgan fingerprint density at radius 1 is 1.40 bits per heavy atom.